The Morgan fingerprint density at radius 2 is 1.22 bits per heavy atom. The number of hydrogen-bond donors (Lipinski definition) is 0. The van der Waals surface area contributed by atoms with Gasteiger partial charge < -0.3 is 9.47 Å². The highest BCUT2D eigenvalue weighted by molar-refractivity contribution is 4.77. The largest absolute Gasteiger partial charge is 0.364 e. The molecule has 102 valence electrons. The SMILES string of the molecule is CCCn1c(=O)n(COC)c(=O)n(COC)c1=O. The van der Waals surface area contributed by atoms with Crippen molar-refractivity contribution in [2.75, 3.05) is 14.2 Å². The molecule has 1 heterocycles. The fourth-order valence-electron chi connectivity index (χ4n) is 1.58. The Morgan fingerprint density at radius 1 is 0.833 bits per heavy atom. The van der Waals surface area contributed by atoms with Crippen LogP contribution in [0.2, 0.25) is 0 Å². The van der Waals surface area contributed by atoms with E-state index in [1.807, 2.05) is 6.92 Å². The van der Waals surface area contributed by atoms with Crippen molar-refractivity contribution in [1.29, 1.82) is 0 Å². The van der Waals surface area contributed by atoms with Crippen LogP contribution in [0.4, 0.5) is 0 Å². The Balaban J connectivity index is 3.59. The number of methoxy groups -OCH3 is 2. The van der Waals surface area contributed by atoms with Gasteiger partial charge in [-0.1, -0.05) is 6.92 Å². The Morgan fingerprint density at radius 3 is 1.56 bits per heavy atom. The minimum Gasteiger partial charge on any atom is -0.364 e. The van der Waals surface area contributed by atoms with E-state index in [0.29, 0.717) is 6.42 Å². The van der Waals surface area contributed by atoms with Crippen molar-refractivity contribution in [2.45, 2.75) is 33.4 Å². The second-order valence-corrected chi connectivity index (χ2v) is 3.69. The first kappa shape index (κ1) is 14.4. The lowest BCUT2D eigenvalue weighted by Gasteiger charge is -2.12. The lowest BCUT2D eigenvalue weighted by atomic mass is 10.5. The van der Waals surface area contributed by atoms with Gasteiger partial charge in [-0.05, 0) is 6.42 Å². The zero-order valence-electron chi connectivity index (χ0n) is 10.7. The summed E-state index contributed by atoms with van der Waals surface area (Å²) in [6.07, 6.45) is 0.604. The monoisotopic (exact) mass is 259 g/mol. The average molecular weight is 259 g/mol. The van der Waals surface area contributed by atoms with Crippen molar-refractivity contribution in [2.24, 2.45) is 0 Å². The van der Waals surface area contributed by atoms with Crippen molar-refractivity contribution in [1.82, 2.24) is 13.7 Å². The van der Waals surface area contributed by atoms with Crippen LogP contribution in [0, 0.1) is 0 Å². The third-order valence-corrected chi connectivity index (χ3v) is 2.35. The molecule has 0 radical (unpaired) electrons. The molecule has 8 heteroatoms. The molecule has 0 aliphatic carbocycles. The van der Waals surface area contributed by atoms with E-state index in [4.69, 9.17) is 9.47 Å². The van der Waals surface area contributed by atoms with Gasteiger partial charge in [0.25, 0.3) is 0 Å². The van der Waals surface area contributed by atoms with E-state index in [1.54, 1.807) is 0 Å². The first-order valence-corrected chi connectivity index (χ1v) is 5.50. The van der Waals surface area contributed by atoms with Crippen LogP contribution < -0.4 is 17.1 Å². The predicted molar refractivity (Wildman–Crippen MR) is 63.5 cm³/mol. The van der Waals surface area contributed by atoms with Gasteiger partial charge in [0.05, 0.1) is 0 Å². The number of rotatable bonds is 6. The molecule has 0 saturated heterocycles. The molecule has 0 bridgehead atoms. The van der Waals surface area contributed by atoms with Crippen LogP contribution in [-0.4, -0.2) is 27.9 Å². The first-order valence-electron chi connectivity index (χ1n) is 5.50. The molecule has 8 nitrogen and oxygen atoms in total. The molecule has 0 saturated carbocycles. The van der Waals surface area contributed by atoms with Gasteiger partial charge in [-0.2, -0.15) is 0 Å². The Bertz CT molecular complexity index is 457. The summed E-state index contributed by atoms with van der Waals surface area (Å²) >= 11 is 0. The molecule has 0 spiro atoms. The fourth-order valence-corrected chi connectivity index (χ4v) is 1.58. The lowest BCUT2D eigenvalue weighted by molar-refractivity contribution is 0.0965. The molecule has 0 N–H and O–H groups in total. The fraction of sp³-hybridized carbons (Fsp3) is 0.700. The van der Waals surface area contributed by atoms with Crippen LogP contribution in [0.1, 0.15) is 13.3 Å². The summed E-state index contributed by atoms with van der Waals surface area (Å²) < 4.78 is 12.3. The van der Waals surface area contributed by atoms with Crippen molar-refractivity contribution < 1.29 is 9.47 Å². The Hall–Kier alpha value is -1.67. The highest BCUT2D eigenvalue weighted by Crippen LogP contribution is 1.81. The number of nitrogens with zero attached hydrogens (tertiary/aromatic N) is 3. The van der Waals surface area contributed by atoms with E-state index in [2.05, 4.69) is 0 Å². The van der Waals surface area contributed by atoms with E-state index < -0.39 is 17.1 Å². The third kappa shape index (κ3) is 2.59. The minimum absolute atomic E-state index is 0.203. The van der Waals surface area contributed by atoms with Gasteiger partial charge in [-0.25, -0.2) is 28.1 Å². The van der Waals surface area contributed by atoms with Gasteiger partial charge >= 0.3 is 17.1 Å². The van der Waals surface area contributed by atoms with Gasteiger partial charge in [0, 0.05) is 20.8 Å². The lowest BCUT2D eigenvalue weighted by Crippen LogP contribution is -2.54. The van der Waals surface area contributed by atoms with Gasteiger partial charge in [-0.15, -0.1) is 0 Å². The maximum Gasteiger partial charge on any atom is 0.340 e. The van der Waals surface area contributed by atoms with Crippen LogP contribution in [0.3, 0.4) is 0 Å². The van der Waals surface area contributed by atoms with E-state index >= 15 is 0 Å². The van der Waals surface area contributed by atoms with Crippen molar-refractivity contribution in [3.05, 3.63) is 31.5 Å². The van der Waals surface area contributed by atoms with E-state index in [0.717, 1.165) is 13.7 Å². The van der Waals surface area contributed by atoms with Crippen LogP contribution in [0.25, 0.3) is 0 Å². The summed E-state index contributed by atoms with van der Waals surface area (Å²) in [7, 11) is 2.73. The van der Waals surface area contributed by atoms with Crippen molar-refractivity contribution in [3.8, 4) is 0 Å². The van der Waals surface area contributed by atoms with Crippen molar-refractivity contribution >= 4 is 0 Å². The molecule has 0 fully saturated rings. The topological polar surface area (TPSA) is 84.5 Å². The second-order valence-electron chi connectivity index (χ2n) is 3.69. The molecule has 0 amide bonds. The maximum atomic E-state index is 11.9. The van der Waals surface area contributed by atoms with Crippen LogP contribution in [-0.2, 0) is 29.5 Å². The van der Waals surface area contributed by atoms with E-state index in [9.17, 15) is 14.4 Å². The summed E-state index contributed by atoms with van der Waals surface area (Å²) in [5.74, 6) is 0. The van der Waals surface area contributed by atoms with E-state index in [-0.39, 0.29) is 20.0 Å². The summed E-state index contributed by atoms with van der Waals surface area (Å²) in [5, 5.41) is 0. The molecule has 0 unspecified atom stereocenters. The van der Waals surface area contributed by atoms with Crippen LogP contribution in [0.5, 0.6) is 0 Å². The summed E-state index contributed by atoms with van der Waals surface area (Å²) in [6.45, 7) is 1.67. The molecule has 0 aliphatic rings. The molecule has 0 atom stereocenters. The van der Waals surface area contributed by atoms with E-state index in [1.165, 1.54) is 14.2 Å². The predicted octanol–water partition coefficient (Wildman–Crippen LogP) is -1.21. The molecule has 18 heavy (non-hydrogen) atoms. The van der Waals surface area contributed by atoms with Gasteiger partial charge in [0.2, 0.25) is 0 Å². The van der Waals surface area contributed by atoms with Gasteiger partial charge in [0.1, 0.15) is 13.5 Å². The molecule has 1 aromatic rings. The Labute approximate surface area is 103 Å². The first-order chi connectivity index (χ1) is 8.58. The quantitative estimate of drug-likeness (QED) is 0.640. The Kier molecular flexibility index (Phi) is 5.05. The normalized spacial score (nSPS) is 10.8. The molecule has 1 aromatic heterocycles. The minimum atomic E-state index is -0.735. The number of hydrogen-bond acceptors (Lipinski definition) is 5. The smallest absolute Gasteiger partial charge is 0.340 e. The van der Waals surface area contributed by atoms with Gasteiger partial charge in [0.15, 0.2) is 0 Å². The third-order valence-electron chi connectivity index (χ3n) is 2.35. The molecule has 0 aliphatic heterocycles. The number of aromatic nitrogens is 3. The molecule has 1 rings (SSSR count). The summed E-state index contributed by atoms with van der Waals surface area (Å²) in [5.41, 5.74) is -2.07. The zero-order valence-corrected chi connectivity index (χ0v) is 10.7. The maximum absolute atomic E-state index is 11.9. The second kappa shape index (κ2) is 6.31. The van der Waals surface area contributed by atoms with Crippen molar-refractivity contribution in [3.63, 3.8) is 0 Å². The summed E-state index contributed by atoms with van der Waals surface area (Å²) in [4.78, 5) is 35.8. The average Bonchev–Trinajstić information content (AvgIpc) is 2.35. The van der Waals surface area contributed by atoms with Crippen LogP contribution >= 0.6 is 0 Å². The highest BCUT2D eigenvalue weighted by atomic mass is 16.5. The standard InChI is InChI=1S/C10H17N3O5/c1-4-5-11-8(14)12(6-17-2)10(16)13(7-18-3)9(11)15/h4-7H2,1-3H3. The zero-order chi connectivity index (χ0) is 13.7. The highest BCUT2D eigenvalue weighted by Gasteiger charge is 2.14. The van der Waals surface area contributed by atoms with Gasteiger partial charge in [-0.3, -0.25) is 0 Å². The molecule has 0 aromatic carbocycles. The number of ether oxygens (including phenoxy) is 2. The summed E-state index contributed by atoms with van der Waals surface area (Å²) in [6, 6.07) is 0. The van der Waals surface area contributed by atoms with Crippen LogP contribution in [0.15, 0.2) is 14.4 Å². The molecular formula is C10H17N3O5. The molecular weight excluding hydrogens is 242 g/mol.